The van der Waals surface area contributed by atoms with Crippen molar-refractivity contribution < 1.29 is 14.7 Å². The highest BCUT2D eigenvalue weighted by Gasteiger charge is 2.18. The van der Waals surface area contributed by atoms with E-state index < -0.39 is 12.0 Å². The zero-order valence-corrected chi connectivity index (χ0v) is 10.4. The highest BCUT2D eigenvalue weighted by Crippen LogP contribution is 2.02. The molecule has 0 aliphatic heterocycles. The number of nitrogens with two attached hydrogens (primary N) is 1. The minimum atomic E-state index is -1.15. The van der Waals surface area contributed by atoms with Gasteiger partial charge in [0.2, 0.25) is 5.91 Å². The van der Waals surface area contributed by atoms with Crippen molar-refractivity contribution in [3.8, 4) is 0 Å². The number of likely N-dealkylation sites (N-methyl/N-ethyl adjacent to an activating group) is 1. The first-order chi connectivity index (χ1) is 8.50. The van der Waals surface area contributed by atoms with E-state index in [9.17, 15) is 9.59 Å². The van der Waals surface area contributed by atoms with Crippen molar-refractivity contribution in [1.82, 2.24) is 4.90 Å². The van der Waals surface area contributed by atoms with Crippen LogP contribution in [0.5, 0.6) is 0 Å². The van der Waals surface area contributed by atoms with Crippen molar-refractivity contribution in [1.29, 1.82) is 0 Å². The first-order valence-corrected chi connectivity index (χ1v) is 5.77. The summed E-state index contributed by atoms with van der Waals surface area (Å²) in [6.45, 7) is 0.551. The lowest BCUT2D eigenvalue weighted by atomic mass is 10.1. The Hall–Kier alpha value is -1.88. The van der Waals surface area contributed by atoms with E-state index in [1.54, 1.807) is 7.05 Å². The molecule has 0 fully saturated rings. The zero-order valence-electron chi connectivity index (χ0n) is 10.4. The monoisotopic (exact) mass is 250 g/mol. The highest BCUT2D eigenvalue weighted by molar-refractivity contribution is 5.84. The van der Waals surface area contributed by atoms with Crippen LogP contribution in [0.4, 0.5) is 0 Å². The van der Waals surface area contributed by atoms with Gasteiger partial charge in [-0.15, -0.1) is 0 Å². The van der Waals surface area contributed by atoms with E-state index in [1.807, 2.05) is 30.3 Å². The maximum Gasteiger partial charge on any atom is 0.321 e. The number of rotatable bonds is 6. The minimum absolute atomic E-state index is 0.166. The van der Waals surface area contributed by atoms with Crippen LogP contribution in [0.15, 0.2) is 30.3 Å². The Kier molecular flexibility index (Phi) is 5.32. The summed E-state index contributed by atoms with van der Waals surface area (Å²) in [6.07, 6.45) is 0.575. The van der Waals surface area contributed by atoms with Gasteiger partial charge >= 0.3 is 5.97 Å². The third-order valence-corrected chi connectivity index (χ3v) is 2.72. The Morgan fingerprint density at radius 1 is 1.33 bits per heavy atom. The first-order valence-electron chi connectivity index (χ1n) is 5.77. The van der Waals surface area contributed by atoms with E-state index in [4.69, 9.17) is 10.8 Å². The quantitative estimate of drug-likeness (QED) is 0.769. The van der Waals surface area contributed by atoms with Gasteiger partial charge in [-0.3, -0.25) is 9.59 Å². The summed E-state index contributed by atoms with van der Waals surface area (Å²) in [5.41, 5.74) is 6.45. The van der Waals surface area contributed by atoms with Crippen LogP contribution >= 0.6 is 0 Å². The summed E-state index contributed by atoms with van der Waals surface area (Å²) < 4.78 is 0. The summed E-state index contributed by atoms with van der Waals surface area (Å²) in [5, 5.41) is 8.62. The van der Waals surface area contributed by atoms with Gasteiger partial charge < -0.3 is 15.7 Å². The Labute approximate surface area is 106 Å². The molecule has 0 aliphatic rings. The Balaban J connectivity index is 2.39. The molecule has 0 aliphatic carbocycles. The lowest BCUT2D eigenvalue weighted by Crippen LogP contribution is -2.38. The molecule has 1 amide bonds. The summed E-state index contributed by atoms with van der Waals surface area (Å²) in [7, 11) is 1.65. The summed E-state index contributed by atoms with van der Waals surface area (Å²) >= 11 is 0. The second kappa shape index (κ2) is 6.76. The van der Waals surface area contributed by atoms with E-state index in [0.717, 1.165) is 12.0 Å². The lowest BCUT2D eigenvalue weighted by Gasteiger charge is -2.18. The Morgan fingerprint density at radius 2 is 1.94 bits per heavy atom. The van der Waals surface area contributed by atoms with E-state index in [-0.39, 0.29) is 12.3 Å². The smallest absolute Gasteiger partial charge is 0.321 e. The van der Waals surface area contributed by atoms with E-state index in [0.29, 0.717) is 6.54 Å². The number of carbonyl (C=O) groups is 2. The van der Waals surface area contributed by atoms with Gasteiger partial charge in [-0.1, -0.05) is 30.3 Å². The molecule has 5 heteroatoms. The van der Waals surface area contributed by atoms with E-state index >= 15 is 0 Å². The van der Waals surface area contributed by atoms with Crippen molar-refractivity contribution in [3.63, 3.8) is 0 Å². The SMILES string of the molecule is CN(CCc1ccccc1)C(=O)C[C@H](N)C(=O)O. The predicted molar refractivity (Wildman–Crippen MR) is 68.0 cm³/mol. The van der Waals surface area contributed by atoms with Gasteiger partial charge in [0.05, 0.1) is 6.42 Å². The third-order valence-electron chi connectivity index (χ3n) is 2.72. The summed E-state index contributed by atoms with van der Waals surface area (Å²) in [5.74, 6) is -1.40. The fourth-order valence-corrected chi connectivity index (χ4v) is 1.50. The van der Waals surface area contributed by atoms with Gasteiger partial charge in [-0.05, 0) is 12.0 Å². The molecule has 0 aromatic heterocycles. The van der Waals surface area contributed by atoms with Gasteiger partial charge in [-0.25, -0.2) is 0 Å². The first kappa shape index (κ1) is 14.2. The van der Waals surface area contributed by atoms with E-state index in [2.05, 4.69) is 0 Å². The second-order valence-corrected chi connectivity index (χ2v) is 4.20. The van der Waals surface area contributed by atoms with Gasteiger partial charge in [0, 0.05) is 13.6 Å². The van der Waals surface area contributed by atoms with Crippen molar-refractivity contribution in [2.24, 2.45) is 5.73 Å². The number of carboxylic acid groups (broad SMARTS) is 1. The van der Waals surface area contributed by atoms with Crippen LogP contribution in [-0.4, -0.2) is 41.5 Å². The number of aliphatic carboxylic acids is 1. The molecule has 1 atom stereocenters. The van der Waals surface area contributed by atoms with Crippen LogP contribution in [0.3, 0.4) is 0 Å². The fourth-order valence-electron chi connectivity index (χ4n) is 1.50. The van der Waals surface area contributed by atoms with Crippen LogP contribution in [0, 0.1) is 0 Å². The molecule has 0 bridgehead atoms. The largest absolute Gasteiger partial charge is 0.480 e. The predicted octanol–water partition coefficient (Wildman–Crippen LogP) is 0.489. The molecule has 0 heterocycles. The molecular weight excluding hydrogens is 232 g/mol. The van der Waals surface area contributed by atoms with Crippen molar-refractivity contribution in [2.75, 3.05) is 13.6 Å². The number of nitrogens with zero attached hydrogens (tertiary/aromatic N) is 1. The molecule has 5 nitrogen and oxygen atoms in total. The molecule has 1 aromatic carbocycles. The molecule has 18 heavy (non-hydrogen) atoms. The molecule has 0 saturated heterocycles. The highest BCUT2D eigenvalue weighted by atomic mass is 16.4. The van der Waals surface area contributed by atoms with Gasteiger partial charge in [0.15, 0.2) is 0 Å². The lowest BCUT2D eigenvalue weighted by molar-refractivity contribution is -0.142. The van der Waals surface area contributed by atoms with Crippen LogP contribution < -0.4 is 5.73 Å². The maximum absolute atomic E-state index is 11.7. The van der Waals surface area contributed by atoms with Gasteiger partial charge in [-0.2, -0.15) is 0 Å². The number of hydrogen-bond acceptors (Lipinski definition) is 3. The topological polar surface area (TPSA) is 83.6 Å². The molecule has 1 aromatic rings. The van der Waals surface area contributed by atoms with Gasteiger partial charge in [0.25, 0.3) is 0 Å². The molecule has 98 valence electrons. The maximum atomic E-state index is 11.7. The fraction of sp³-hybridized carbons (Fsp3) is 0.385. The van der Waals surface area contributed by atoms with Crippen LogP contribution in [0.25, 0.3) is 0 Å². The standard InChI is InChI=1S/C13H18N2O3/c1-15(12(16)9-11(14)13(17)18)8-7-10-5-3-2-4-6-10/h2-6,11H,7-9,14H2,1H3,(H,17,18)/t11-/m0/s1. The number of amides is 1. The van der Waals surface area contributed by atoms with Crippen molar-refractivity contribution >= 4 is 11.9 Å². The number of hydrogen-bond donors (Lipinski definition) is 2. The minimum Gasteiger partial charge on any atom is -0.480 e. The number of carbonyl (C=O) groups excluding carboxylic acids is 1. The second-order valence-electron chi connectivity index (χ2n) is 4.20. The average Bonchev–Trinajstić information content (AvgIpc) is 2.36. The summed E-state index contributed by atoms with van der Waals surface area (Å²) in [4.78, 5) is 23.7. The third kappa shape index (κ3) is 4.55. The molecule has 1 rings (SSSR count). The zero-order chi connectivity index (χ0) is 13.5. The van der Waals surface area contributed by atoms with E-state index in [1.165, 1.54) is 4.90 Å². The molecule has 0 radical (unpaired) electrons. The van der Waals surface area contributed by atoms with Crippen LogP contribution in [0.1, 0.15) is 12.0 Å². The Morgan fingerprint density at radius 3 is 2.50 bits per heavy atom. The molecule has 0 saturated carbocycles. The molecule has 0 unspecified atom stereocenters. The van der Waals surface area contributed by atoms with Crippen molar-refractivity contribution in [3.05, 3.63) is 35.9 Å². The summed E-state index contributed by atoms with van der Waals surface area (Å²) in [6, 6.07) is 8.67. The van der Waals surface area contributed by atoms with Gasteiger partial charge in [0.1, 0.15) is 6.04 Å². The molecule has 0 spiro atoms. The average molecular weight is 250 g/mol. The Bertz CT molecular complexity index is 406. The normalized spacial score (nSPS) is 11.9. The van der Waals surface area contributed by atoms with Crippen molar-refractivity contribution in [2.45, 2.75) is 18.9 Å². The van der Waals surface area contributed by atoms with Crippen LogP contribution in [0.2, 0.25) is 0 Å². The molecule has 3 N–H and O–H groups in total. The number of carboxylic acids is 1. The number of benzene rings is 1. The van der Waals surface area contributed by atoms with Crippen LogP contribution in [-0.2, 0) is 16.0 Å². The molecular formula is C13H18N2O3.